The van der Waals surface area contributed by atoms with E-state index in [0.29, 0.717) is 10.8 Å². The van der Waals surface area contributed by atoms with E-state index in [1.54, 1.807) is 24.3 Å². The molecule has 94 valence electrons. The molecule has 1 atom stereocenters. The van der Waals surface area contributed by atoms with E-state index in [9.17, 15) is 4.79 Å². The van der Waals surface area contributed by atoms with Gasteiger partial charge in [0.15, 0.2) is 0 Å². The van der Waals surface area contributed by atoms with Gasteiger partial charge in [-0.15, -0.1) is 0 Å². The molecule has 1 rings (SSSR count). The van der Waals surface area contributed by atoms with Gasteiger partial charge in [0, 0.05) is 11.9 Å². The van der Waals surface area contributed by atoms with Crippen LogP contribution in [0, 0.1) is 0 Å². The molecule has 17 heavy (non-hydrogen) atoms. The Bertz CT molecular complexity index is 388. The Kier molecular flexibility index (Phi) is 5.20. The fraction of sp³-hybridized carbons (Fsp3) is 0.300. The molecule has 0 spiro atoms. The number of rotatable bonds is 3. The Morgan fingerprint density at radius 3 is 2.24 bits per heavy atom. The van der Waals surface area contributed by atoms with Crippen molar-refractivity contribution in [3.8, 4) is 5.75 Å². The first kappa shape index (κ1) is 14.7. The molecule has 1 aromatic rings. The van der Waals surface area contributed by atoms with Gasteiger partial charge in [0.25, 0.3) is 0 Å². The monoisotopic (exact) mass is 315 g/mol. The van der Waals surface area contributed by atoms with Crippen LogP contribution in [-0.4, -0.2) is 15.9 Å². The Hall–Kier alpha value is -0.350. The summed E-state index contributed by atoms with van der Waals surface area (Å²) in [5.41, 5.74) is 0. The highest BCUT2D eigenvalue weighted by molar-refractivity contribution is 6.68. The summed E-state index contributed by atoms with van der Waals surface area (Å²) in [7, 11) is 0. The normalized spacial score (nSPS) is 13.0. The lowest BCUT2D eigenvalue weighted by molar-refractivity contribution is -0.121. The summed E-state index contributed by atoms with van der Waals surface area (Å²) >= 11 is 22.8. The minimum Gasteiger partial charge on any atom is -0.466 e. The lowest BCUT2D eigenvalue weighted by Crippen LogP contribution is -2.47. The first-order valence-corrected chi connectivity index (χ1v) is 6.06. The van der Waals surface area contributed by atoms with Gasteiger partial charge in [0.2, 0.25) is 15.9 Å². The van der Waals surface area contributed by atoms with Crippen LogP contribution in [0.2, 0.25) is 5.02 Å². The predicted octanol–water partition coefficient (Wildman–Crippen LogP) is 3.55. The number of carbonyl (C=O) groups excluding carboxylic acids is 1. The average molecular weight is 317 g/mol. The number of hydrogen-bond acceptors (Lipinski definition) is 2. The number of hydrogen-bond donors (Lipinski definition) is 1. The Balaban J connectivity index is 2.79. The molecule has 1 unspecified atom stereocenters. The standard InChI is InChI=1S/C10H9Cl4NO2/c1-6(16)15-9(10(12,13)14)17-8-4-2-7(11)3-5-8/h2-5,9H,1H3,(H,15,16). The van der Waals surface area contributed by atoms with Gasteiger partial charge in [-0.2, -0.15) is 0 Å². The van der Waals surface area contributed by atoms with Crippen LogP contribution >= 0.6 is 46.4 Å². The third kappa shape index (κ3) is 5.21. The molecular weight excluding hydrogens is 308 g/mol. The zero-order valence-electron chi connectivity index (χ0n) is 8.72. The van der Waals surface area contributed by atoms with Crippen molar-refractivity contribution in [1.29, 1.82) is 0 Å². The second-order valence-corrected chi connectivity index (χ2v) is 6.00. The molecular formula is C10H9Cl4NO2. The number of ether oxygens (including phenoxy) is 1. The summed E-state index contributed by atoms with van der Waals surface area (Å²) < 4.78 is 3.59. The number of benzene rings is 1. The minimum absolute atomic E-state index is 0.365. The highest BCUT2D eigenvalue weighted by atomic mass is 35.6. The molecule has 0 aliphatic heterocycles. The fourth-order valence-electron chi connectivity index (χ4n) is 1.01. The SMILES string of the molecule is CC(=O)NC(Oc1ccc(Cl)cc1)C(Cl)(Cl)Cl. The predicted molar refractivity (Wildman–Crippen MR) is 70.0 cm³/mol. The fourth-order valence-corrected chi connectivity index (χ4v) is 1.44. The second kappa shape index (κ2) is 6.01. The zero-order chi connectivity index (χ0) is 13.1. The van der Waals surface area contributed by atoms with E-state index in [1.165, 1.54) is 6.92 Å². The lowest BCUT2D eigenvalue weighted by Gasteiger charge is -2.25. The summed E-state index contributed by atoms with van der Waals surface area (Å²) in [5, 5.41) is 2.95. The number of alkyl halides is 3. The Morgan fingerprint density at radius 2 is 1.82 bits per heavy atom. The van der Waals surface area contributed by atoms with Gasteiger partial charge in [-0.3, -0.25) is 4.79 Å². The van der Waals surface area contributed by atoms with Crippen molar-refractivity contribution >= 4 is 52.3 Å². The van der Waals surface area contributed by atoms with Crippen molar-refractivity contribution in [2.75, 3.05) is 0 Å². The third-order valence-corrected chi connectivity index (χ3v) is 2.55. The van der Waals surface area contributed by atoms with Crippen LogP contribution in [0.1, 0.15) is 6.92 Å². The van der Waals surface area contributed by atoms with Crippen LogP contribution in [-0.2, 0) is 4.79 Å². The van der Waals surface area contributed by atoms with Crippen LogP contribution in [0.15, 0.2) is 24.3 Å². The number of nitrogens with one attached hydrogen (secondary N) is 1. The van der Waals surface area contributed by atoms with E-state index in [1.807, 2.05) is 0 Å². The highest BCUT2D eigenvalue weighted by Gasteiger charge is 2.35. The third-order valence-electron chi connectivity index (χ3n) is 1.70. The van der Waals surface area contributed by atoms with Crippen molar-refractivity contribution < 1.29 is 9.53 Å². The van der Waals surface area contributed by atoms with Crippen LogP contribution in [0.4, 0.5) is 0 Å². The van der Waals surface area contributed by atoms with E-state index >= 15 is 0 Å². The Morgan fingerprint density at radius 1 is 1.29 bits per heavy atom. The molecule has 1 N–H and O–H groups in total. The zero-order valence-corrected chi connectivity index (χ0v) is 11.7. The van der Waals surface area contributed by atoms with Gasteiger partial charge in [0.1, 0.15) is 5.75 Å². The summed E-state index contributed by atoms with van der Waals surface area (Å²) in [6, 6.07) is 6.46. The van der Waals surface area contributed by atoms with E-state index in [0.717, 1.165) is 0 Å². The largest absolute Gasteiger partial charge is 0.466 e. The van der Waals surface area contributed by atoms with Crippen molar-refractivity contribution in [3.05, 3.63) is 29.3 Å². The molecule has 0 bridgehead atoms. The highest BCUT2D eigenvalue weighted by Crippen LogP contribution is 2.32. The molecule has 0 aliphatic carbocycles. The summed E-state index contributed by atoms with van der Waals surface area (Å²) in [6.45, 7) is 1.30. The molecule has 0 radical (unpaired) electrons. The van der Waals surface area contributed by atoms with E-state index in [-0.39, 0.29) is 5.91 Å². The van der Waals surface area contributed by atoms with E-state index in [2.05, 4.69) is 5.32 Å². The lowest BCUT2D eigenvalue weighted by atomic mass is 10.3. The number of amides is 1. The molecule has 0 aromatic heterocycles. The van der Waals surface area contributed by atoms with Crippen LogP contribution < -0.4 is 10.1 Å². The van der Waals surface area contributed by atoms with Crippen LogP contribution in [0.3, 0.4) is 0 Å². The van der Waals surface area contributed by atoms with Crippen molar-refractivity contribution in [2.45, 2.75) is 16.9 Å². The average Bonchev–Trinajstić information content (AvgIpc) is 2.18. The molecule has 3 nitrogen and oxygen atoms in total. The molecule has 0 heterocycles. The van der Waals surface area contributed by atoms with Crippen molar-refractivity contribution in [1.82, 2.24) is 5.32 Å². The minimum atomic E-state index is -1.77. The van der Waals surface area contributed by atoms with Gasteiger partial charge in [-0.25, -0.2) is 0 Å². The summed E-state index contributed by atoms with van der Waals surface area (Å²) in [6.07, 6.45) is -1.08. The molecule has 0 fully saturated rings. The van der Waals surface area contributed by atoms with E-state index in [4.69, 9.17) is 51.1 Å². The summed E-state index contributed by atoms with van der Waals surface area (Å²) in [4.78, 5) is 11.0. The Labute approximate surface area is 119 Å². The molecule has 0 aliphatic rings. The second-order valence-electron chi connectivity index (χ2n) is 3.19. The summed E-state index contributed by atoms with van der Waals surface area (Å²) in [5.74, 6) is 0.0646. The topological polar surface area (TPSA) is 38.3 Å². The van der Waals surface area contributed by atoms with Crippen LogP contribution in [0.5, 0.6) is 5.75 Å². The van der Waals surface area contributed by atoms with Gasteiger partial charge >= 0.3 is 0 Å². The first-order valence-electron chi connectivity index (χ1n) is 4.55. The van der Waals surface area contributed by atoms with Gasteiger partial charge in [-0.05, 0) is 24.3 Å². The van der Waals surface area contributed by atoms with Gasteiger partial charge in [0.05, 0.1) is 0 Å². The van der Waals surface area contributed by atoms with Crippen molar-refractivity contribution in [3.63, 3.8) is 0 Å². The molecule has 1 amide bonds. The van der Waals surface area contributed by atoms with E-state index < -0.39 is 10.0 Å². The molecule has 1 aromatic carbocycles. The quantitative estimate of drug-likeness (QED) is 0.684. The maximum atomic E-state index is 11.0. The number of halogens is 4. The van der Waals surface area contributed by atoms with Crippen molar-refractivity contribution in [2.24, 2.45) is 0 Å². The molecule has 0 saturated heterocycles. The molecule has 0 saturated carbocycles. The van der Waals surface area contributed by atoms with Gasteiger partial charge < -0.3 is 10.1 Å². The maximum absolute atomic E-state index is 11.0. The van der Waals surface area contributed by atoms with Gasteiger partial charge in [-0.1, -0.05) is 46.4 Å². The smallest absolute Gasteiger partial charge is 0.246 e. The number of carbonyl (C=O) groups is 1. The first-order chi connectivity index (χ1) is 7.79. The van der Waals surface area contributed by atoms with Crippen LogP contribution in [0.25, 0.3) is 0 Å². The maximum Gasteiger partial charge on any atom is 0.246 e. The molecule has 7 heteroatoms.